The molecule has 1 saturated carbocycles. The van der Waals surface area contributed by atoms with E-state index in [2.05, 4.69) is 15.4 Å². The highest BCUT2D eigenvalue weighted by molar-refractivity contribution is 5.82. The van der Waals surface area contributed by atoms with E-state index in [9.17, 15) is 9.18 Å². The van der Waals surface area contributed by atoms with E-state index in [4.69, 9.17) is 9.47 Å². The SMILES string of the molecule is COc1ccc([C@@H](Oc2ccc3c(cnn3-c3ccc(F)cc3)c2)C(C)NC(=O)C2CC2)cn1. The Labute approximate surface area is 196 Å². The molecule has 0 aliphatic heterocycles. The summed E-state index contributed by atoms with van der Waals surface area (Å²) >= 11 is 0. The summed E-state index contributed by atoms with van der Waals surface area (Å²) in [4.78, 5) is 16.7. The summed E-state index contributed by atoms with van der Waals surface area (Å²) in [5.41, 5.74) is 2.46. The van der Waals surface area contributed by atoms with Gasteiger partial charge in [-0.25, -0.2) is 14.1 Å². The van der Waals surface area contributed by atoms with Crippen LogP contribution in [0.25, 0.3) is 16.6 Å². The van der Waals surface area contributed by atoms with Gasteiger partial charge in [0.25, 0.3) is 0 Å². The number of hydrogen-bond acceptors (Lipinski definition) is 5. The Morgan fingerprint density at radius 3 is 2.59 bits per heavy atom. The number of methoxy groups -OCH3 is 1. The van der Waals surface area contributed by atoms with Gasteiger partial charge in [-0.05, 0) is 68.3 Å². The fraction of sp³-hybridized carbons (Fsp3) is 0.269. The Kier molecular flexibility index (Phi) is 5.88. The average Bonchev–Trinajstić information content (AvgIpc) is 3.63. The third-order valence-corrected chi connectivity index (χ3v) is 5.94. The van der Waals surface area contributed by atoms with Gasteiger partial charge < -0.3 is 14.8 Å². The number of hydrogen-bond donors (Lipinski definition) is 1. The predicted molar refractivity (Wildman–Crippen MR) is 126 cm³/mol. The van der Waals surface area contributed by atoms with Crippen molar-refractivity contribution in [3.63, 3.8) is 0 Å². The third-order valence-electron chi connectivity index (χ3n) is 5.94. The molecule has 2 atom stereocenters. The standard InChI is InChI=1S/C26H25FN4O3/c1-16(30-26(32)17-3-4-17)25(18-5-12-24(33-2)28-14-18)34-22-10-11-23-19(13-22)15-29-31(23)21-8-6-20(27)7-9-21/h5-17,25H,3-4H2,1-2H3,(H,30,32)/t16?,25-/m0/s1. The number of carbonyl (C=O) groups excluding carboxylic acids is 1. The first-order chi connectivity index (χ1) is 16.5. The first-order valence-corrected chi connectivity index (χ1v) is 11.2. The Morgan fingerprint density at radius 2 is 1.91 bits per heavy atom. The highest BCUT2D eigenvalue weighted by atomic mass is 19.1. The van der Waals surface area contributed by atoms with Crippen LogP contribution < -0.4 is 14.8 Å². The second-order valence-electron chi connectivity index (χ2n) is 8.50. The normalized spacial score (nSPS) is 15.0. The van der Waals surface area contributed by atoms with E-state index < -0.39 is 6.10 Å². The maximum atomic E-state index is 13.3. The molecule has 0 radical (unpaired) electrons. The molecular formula is C26H25FN4O3. The predicted octanol–water partition coefficient (Wildman–Crippen LogP) is 4.60. The van der Waals surface area contributed by atoms with Gasteiger partial charge in [-0.2, -0.15) is 5.10 Å². The number of pyridine rings is 1. The minimum Gasteiger partial charge on any atom is -0.484 e. The van der Waals surface area contributed by atoms with E-state index >= 15 is 0 Å². The summed E-state index contributed by atoms with van der Waals surface area (Å²) in [5.74, 6) is 1.01. The maximum Gasteiger partial charge on any atom is 0.223 e. The van der Waals surface area contributed by atoms with Crippen LogP contribution in [0.4, 0.5) is 4.39 Å². The number of ether oxygens (including phenoxy) is 2. The molecule has 1 unspecified atom stereocenters. The van der Waals surface area contributed by atoms with Crippen molar-refractivity contribution < 1.29 is 18.7 Å². The minimum absolute atomic E-state index is 0.0543. The summed E-state index contributed by atoms with van der Waals surface area (Å²) in [6, 6.07) is 15.3. The van der Waals surface area contributed by atoms with Gasteiger partial charge in [0.05, 0.1) is 30.6 Å². The summed E-state index contributed by atoms with van der Waals surface area (Å²) in [6.45, 7) is 1.93. The molecule has 0 bridgehead atoms. The molecule has 34 heavy (non-hydrogen) atoms. The van der Waals surface area contributed by atoms with Crippen molar-refractivity contribution in [1.82, 2.24) is 20.1 Å². The zero-order valence-electron chi connectivity index (χ0n) is 18.9. The van der Waals surface area contributed by atoms with Gasteiger partial charge in [0.2, 0.25) is 11.8 Å². The van der Waals surface area contributed by atoms with Crippen LogP contribution in [0.1, 0.15) is 31.4 Å². The van der Waals surface area contributed by atoms with Gasteiger partial charge in [0.15, 0.2) is 0 Å². The Morgan fingerprint density at radius 1 is 1.12 bits per heavy atom. The summed E-state index contributed by atoms with van der Waals surface area (Å²) in [6.07, 6.45) is 4.86. The number of fused-ring (bicyclic) bond motifs is 1. The van der Waals surface area contributed by atoms with Crippen molar-refractivity contribution in [2.75, 3.05) is 7.11 Å². The fourth-order valence-corrected chi connectivity index (χ4v) is 3.92. The molecule has 8 heteroatoms. The largest absolute Gasteiger partial charge is 0.484 e. The smallest absolute Gasteiger partial charge is 0.223 e. The first-order valence-electron chi connectivity index (χ1n) is 11.2. The molecule has 1 aliphatic rings. The number of aromatic nitrogens is 3. The highest BCUT2D eigenvalue weighted by Crippen LogP contribution is 2.32. The number of amides is 1. The van der Waals surface area contributed by atoms with Gasteiger partial charge in [0, 0.05) is 29.1 Å². The fourth-order valence-electron chi connectivity index (χ4n) is 3.92. The quantitative estimate of drug-likeness (QED) is 0.416. The molecule has 2 aromatic heterocycles. The third kappa shape index (κ3) is 4.57. The van der Waals surface area contributed by atoms with Crippen LogP contribution in [0.3, 0.4) is 0 Å². The van der Waals surface area contributed by atoms with Crippen LogP contribution in [-0.2, 0) is 4.79 Å². The van der Waals surface area contributed by atoms with E-state index in [0.29, 0.717) is 11.6 Å². The van der Waals surface area contributed by atoms with E-state index in [1.807, 2.05) is 31.2 Å². The molecule has 1 N–H and O–H groups in total. The first kappa shape index (κ1) is 21.9. The molecular weight excluding hydrogens is 435 g/mol. The molecule has 0 spiro atoms. The zero-order valence-corrected chi connectivity index (χ0v) is 18.9. The number of halogens is 1. The molecule has 2 heterocycles. The van der Waals surface area contributed by atoms with Crippen LogP contribution in [-0.4, -0.2) is 33.8 Å². The molecule has 5 rings (SSSR count). The second kappa shape index (κ2) is 9.13. The number of nitrogens with one attached hydrogen (secondary N) is 1. The van der Waals surface area contributed by atoms with Crippen LogP contribution in [0, 0.1) is 11.7 Å². The monoisotopic (exact) mass is 460 g/mol. The van der Waals surface area contributed by atoms with Crippen molar-refractivity contribution in [3.8, 4) is 17.3 Å². The Hall–Kier alpha value is -3.94. The van der Waals surface area contributed by atoms with Crippen molar-refractivity contribution >= 4 is 16.8 Å². The lowest BCUT2D eigenvalue weighted by Gasteiger charge is -2.26. The molecule has 2 aromatic carbocycles. The van der Waals surface area contributed by atoms with Crippen LogP contribution in [0.5, 0.6) is 11.6 Å². The van der Waals surface area contributed by atoms with Crippen molar-refractivity contribution in [1.29, 1.82) is 0 Å². The van der Waals surface area contributed by atoms with E-state index in [1.165, 1.54) is 12.1 Å². The molecule has 1 amide bonds. The molecule has 174 valence electrons. The summed E-state index contributed by atoms with van der Waals surface area (Å²) < 4.78 is 26.6. The van der Waals surface area contributed by atoms with Crippen LogP contribution in [0.15, 0.2) is 67.0 Å². The lowest BCUT2D eigenvalue weighted by atomic mass is 10.0. The molecule has 0 saturated heterocycles. The highest BCUT2D eigenvalue weighted by Gasteiger charge is 2.32. The van der Waals surface area contributed by atoms with Gasteiger partial charge in [-0.1, -0.05) is 0 Å². The van der Waals surface area contributed by atoms with Crippen molar-refractivity contribution in [2.24, 2.45) is 5.92 Å². The molecule has 4 aromatic rings. The second-order valence-corrected chi connectivity index (χ2v) is 8.50. The zero-order chi connectivity index (χ0) is 23.7. The summed E-state index contributed by atoms with van der Waals surface area (Å²) in [5, 5.41) is 8.42. The van der Waals surface area contributed by atoms with Crippen molar-refractivity contribution in [2.45, 2.75) is 31.9 Å². The average molecular weight is 461 g/mol. The topological polar surface area (TPSA) is 78.3 Å². The molecule has 7 nitrogen and oxygen atoms in total. The van der Waals surface area contributed by atoms with Gasteiger partial charge in [0.1, 0.15) is 17.7 Å². The Bertz CT molecular complexity index is 1300. The minimum atomic E-state index is -0.453. The maximum absolute atomic E-state index is 13.3. The van der Waals surface area contributed by atoms with Gasteiger partial charge in [-0.15, -0.1) is 0 Å². The van der Waals surface area contributed by atoms with Gasteiger partial charge >= 0.3 is 0 Å². The summed E-state index contributed by atoms with van der Waals surface area (Å²) in [7, 11) is 1.57. The molecule has 1 fully saturated rings. The van der Waals surface area contributed by atoms with E-state index in [0.717, 1.165) is 35.0 Å². The number of rotatable bonds is 8. The number of benzene rings is 2. The van der Waals surface area contributed by atoms with E-state index in [-0.39, 0.29) is 23.7 Å². The van der Waals surface area contributed by atoms with Crippen LogP contribution >= 0.6 is 0 Å². The Balaban J connectivity index is 1.42. The van der Waals surface area contributed by atoms with Crippen LogP contribution in [0.2, 0.25) is 0 Å². The van der Waals surface area contributed by atoms with E-state index in [1.54, 1.807) is 42.4 Å². The molecule has 1 aliphatic carbocycles. The van der Waals surface area contributed by atoms with Crippen molar-refractivity contribution in [3.05, 3.63) is 78.4 Å². The lowest BCUT2D eigenvalue weighted by molar-refractivity contribution is -0.123. The number of carbonyl (C=O) groups is 1. The number of nitrogens with zero attached hydrogens (tertiary/aromatic N) is 3. The van der Waals surface area contributed by atoms with Gasteiger partial charge in [-0.3, -0.25) is 4.79 Å². The lowest BCUT2D eigenvalue weighted by Crippen LogP contribution is -2.40.